The van der Waals surface area contributed by atoms with Crippen LogP contribution < -0.4 is 10.6 Å². The van der Waals surface area contributed by atoms with E-state index in [0.717, 1.165) is 10.6 Å². The maximum Gasteiger partial charge on any atom is 0.324 e. The van der Waals surface area contributed by atoms with Gasteiger partial charge in [-0.1, -0.05) is 11.6 Å². The minimum atomic E-state index is -0.400. The molecule has 2 aromatic rings. The fourth-order valence-corrected chi connectivity index (χ4v) is 2.85. The zero-order valence-corrected chi connectivity index (χ0v) is 14.3. The van der Waals surface area contributed by atoms with Crippen molar-refractivity contribution in [2.75, 3.05) is 16.9 Å². The molecule has 0 aliphatic rings. The normalized spacial score (nSPS) is 10.2. The molecular weight excluding hydrogens is 334 g/mol. The summed E-state index contributed by atoms with van der Waals surface area (Å²) in [5.41, 5.74) is 1.48. The fraction of sp³-hybridized carbons (Fsp3) is 0.267. The average Bonchev–Trinajstić information content (AvgIpc) is 2.84. The van der Waals surface area contributed by atoms with E-state index in [-0.39, 0.29) is 0 Å². The summed E-state index contributed by atoms with van der Waals surface area (Å²) in [6.07, 6.45) is 2.31. The zero-order valence-electron chi connectivity index (χ0n) is 12.8. The van der Waals surface area contributed by atoms with Gasteiger partial charge >= 0.3 is 6.03 Å². The number of anilines is 2. The first-order valence-electron chi connectivity index (χ1n) is 6.86. The highest BCUT2D eigenvalue weighted by molar-refractivity contribution is 7.98. The van der Waals surface area contributed by atoms with Crippen LogP contribution >= 0.6 is 23.4 Å². The van der Waals surface area contributed by atoms with Gasteiger partial charge in [0, 0.05) is 22.3 Å². The Morgan fingerprint density at radius 1 is 1.43 bits per heavy atom. The van der Waals surface area contributed by atoms with E-state index in [9.17, 15) is 4.79 Å². The molecule has 1 aromatic carbocycles. The van der Waals surface area contributed by atoms with E-state index in [4.69, 9.17) is 16.9 Å². The number of carbonyl (C=O) groups is 1. The number of nitrogens with zero attached hydrogens (tertiary/aromatic N) is 3. The Bertz CT molecular complexity index is 753. The number of hydrogen-bond donors (Lipinski definition) is 2. The van der Waals surface area contributed by atoms with E-state index >= 15 is 0 Å². The molecule has 23 heavy (non-hydrogen) atoms. The van der Waals surface area contributed by atoms with Gasteiger partial charge in [-0.15, -0.1) is 11.8 Å². The molecule has 0 unspecified atom stereocenters. The highest BCUT2D eigenvalue weighted by Gasteiger charge is 2.09. The molecule has 1 aromatic heterocycles. The maximum absolute atomic E-state index is 12.0. The SMILES string of the molecule is CSc1ccc(NC(=O)Nc2cc(C)n(CCC#N)n2)cc1Cl. The summed E-state index contributed by atoms with van der Waals surface area (Å²) in [6, 6.07) is 8.75. The van der Waals surface area contributed by atoms with Crippen LogP contribution in [0.2, 0.25) is 5.02 Å². The van der Waals surface area contributed by atoms with E-state index in [1.165, 1.54) is 0 Å². The van der Waals surface area contributed by atoms with Gasteiger partial charge in [0.2, 0.25) is 0 Å². The molecule has 0 aliphatic heterocycles. The monoisotopic (exact) mass is 349 g/mol. The van der Waals surface area contributed by atoms with Crippen LogP contribution in [-0.2, 0) is 6.54 Å². The second-order valence-electron chi connectivity index (χ2n) is 4.73. The lowest BCUT2D eigenvalue weighted by molar-refractivity contribution is 0.262. The number of amides is 2. The molecule has 0 aliphatic carbocycles. The average molecular weight is 350 g/mol. The van der Waals surface area contributed by atoms with Crippen molar-refractivity contribution < 1.29 is 4.79 Å². The first-order chi connectivity index (χ1) is 11.0. The van der Waals surface area contributed by atoms with E-state index in [1.807, 2.05) is 19.2 Å². The molecule has 2 N–H and O–H groups in total. The van der Waals surface area contributed by atoms with Gasteiger partial charge in [0.25, 0.3) is 0 Å². The van der Waals surface area contributed by atoms with Crippen LogP contribution in [0.4, 0.5) is 16.3 Å². The molecule has 0 radical (unpaired) electrons. The van der Waals surface area contributed by atoms with Gasteiger partial charge in [0.1, 0.15) is 0 Å². The molecule has 1 heterocycles. The summed E-state index contributed by atoms with van der Waals surface area (Å²) >= 11 is 7.65. The molecule has 2 rings (SSSR count). The summed E-state index contributed by atoms with van der Waals surface area (Å²) in [6.45, 7) is 2.37. The van der Waals surface area contributed by atoms with Crippen molar-refractivity contribution in [1.29, 1.82) is 5.26 Å². The molecular formula is C15H16ClN5OS. The van der Waals surface area contributed by atoms with Crippen LogP contribution in [-0.4, -0.2) is 22.1 Å². The first-order valence-corrected chi connectivity index (χ1v) is 8.46. The highest BCUT2D eigenvalue weighted by Crippen LogP contribution is 2.28. The molecule has 0 saturated carbocycles. The van der Waals surface area contributed by atoms with Gasteiger partial charge < -0.3 is 5.32 Å². The molecule has 2 amide bonds. The summed E-state index contributed by atoms with van der Waals surface area (Å²) in [5.74, 6) is 0.435. The van der Waals surface area contributed by atoms with Gasteiger partial charge in [-0.2, -0.15) is 10.4 Å². The minimum absolute atomic E-state index is 0.369. The van der Waals surface area contributed by atoms with Crippen LogP contribution in [0.3, 0.4) is 0 Å². The third-order valence-electron chi connectivity index (χ3n) is 3.07. The largest absolute Gasteiger partial charge is 0.324 e. The standard InChI is InChI=1S/C15H16ClN5OS/c1-10-8-14(20-21(10)7-3-6-17)19-15(22)18-11-4-5-13(23-2)12(16)9-11/h4-5,8-9H,3,7H2,1-2H3,(H2,18,19,20,22). The summed E-state index contributed by atoms with van der Waals surface area (Å²) in [4.78, 5) is 13.0. The van der Waals surface area contributed by atoms with Crippen LogP contribution in [0.1, 0.15) is 12.1 Å². The van der Waals surface area contributed by atoms with Gasteiger partial charge in [-0.25, -0.2) is 4.79 Å². The van der Waals surface area contributed by atoms with Crippen LogP contribution in [0.15, 0.2) is 29.2 Å². The number of aromatic nitrogens is 2. The predicted molar refractivity (Wildman–Crippen MR) is 93.1 cm³/mol. The number of nitrogens with one attached hydrogen (secondary N) is 2. The van der Waals surface area contributed by atoms with Gasteiger partial charge in [0.15, 0.2) is 5.82 Å². The second-order valence-corrected chi connectivity index (χ2v) is 5.99. The van der Waals surface area contributed by atoms with Crippen LogP contribution in [0.5, 0.6) is 0 Å². The topological polar surface area (TPSA) is 82.7 Å². The lowest BCUT2D eigenvalue weighted by Gasteiger charge is -2.07. The van der Waals surface area contributed by atoms with Crippen molar-refractivity contribution in [2.24, 2.45) is 0 Å². The number of thioether (sulfide) groups is 1. The number of carbonyl (C=O) groups excluding carboxylic acids is 1. The molecule has 0 bridgehead atoms. The van der Waals surface area contributed by atoms with Gasteiger partial charge in [-0.3, -0.25) is 10.00 Å². The predicted octanol–water partition coefficient (Wildman–Crippen LogP) is 4.12. The third-order valence-corrected chi connectivity index (χ3v) is 4.29. The Hall–Kier alpha value is -2.17. The molecule has 6 nitrogen and oxygen atoms in total. The van der Waals surface area contributed by atoms with Gasteiger partial charge in [0.05, 0.1) is 24.1 Å². The van der Waals surface area contributed by atoms with Crippen molar-refractivity contribution in [3.63, 3.8) is 0 Å². The van der Waals surface area contributed by atoms with Crippen molar-refractivity contribution in [3.8, 4) is 6.07 Å². The van der Waals surface area contributed by atoms with Crippen molar-refractivity contribution in [2.45, 2.75) is 24.8 Å². The number of benzene rings is 1. The Morgan fingerprint density at radius 3 is 2.87 bits per heavy atom. The van der Waals surface area contributed by atoms with E-state index in [2.05, 4.69) is 21.8 Å². The number of halogens is 1. The molecule has 0 spiro atoms. The Kier molecular flexibility index (Phi) is 5.90. The van der Waals surface area contributed by atoms with E-state index < -0.39 is 6.03 Å². The van der Waals surface area contributed by atoms with E-state index in [1.54, 1.807) is 34.6 Å². The maximum atomic E-state index is 12.0. The van der Waals surface area contributed by atoms with Crippen molar-refractivity contribution >= 4 is 40.9 Å². The molecule has 8 heteroatoms. The summed E-state index contributed by atoms with van der Waals surface area (Å²) in [5, 5.41) is 18.8. The number of hydrogen-bond acceptors (Lipinski definition) is 4. The lowest BCUT2D eigenvalue weighted by atomic mass is 10.3. The minimum Gasteiger partial charge on any atom is -0.308 e. The molecule has 0 saturated heterocycles. The fourth-order valence-electron chi connectivity index (χ4n) is 1.98. The zero-order chi connectivity index (χ0) is 16.8. The smallest absolute Gasteiger partial charge is 0.308 e. The quantitative estimate of drug-likeness (QED) is 0.795. The molecule has 0 atom stereocenters. The Labute approximate surface area is 143 Å². The van der Waals surface area contributed by atoms with Crippen molar-refractivity contribution in [3.05, 3.63) is 35.0 Å². The lowest BCUT2D eigenvalue weighted by Crippen LogP contribution is -2.19. The number of aryl methyl sites for hydroxylation is 2. The Balaban J connectivity index is 1.99. The third kappa shape index (κ3) is 4.65. The Morgan fingerprint density at radius 2 is 2.22 bits per heavy atom. The number of rotatable bonds is 5. The number of urea groups is 1. The second kappa shape index (κ2) is 7.90. The van der Waals surface area contributed by atoms with E-state index in [0.29, 0.717) is 29.5 Å². The number of nitriles is 1. The van der Waals surface area contributed by atoms with Crippen molar-refractivity contribution in [1.82, 2.24) is 9.78 Å². The highest BCUT2D eigenvalue weighted by atomic mass is 35.5. The van der Waals surface area contributed by atoms with Crippen LogP contribution in [0.25, 0.3) is 0 Å². The summed E-state index contributed by atoms with van der Waals surface area (Å²) < 4.78 is 1.68. The summed E-state index contributed by atoms with van der Waals surface area (Å²) in [7, 11) is 0. The van der Waals surface area contributed by atoms with Crippen LogP contribution in [0, 0.1) is 18.3 Å². The molecule has 0 fully saturated rings. The van der Waals surface area contributed by atoms with Gasteiger partial charge in [-0.05, 0) is 31.4 Å². The molecule has 120 valence electrons. The first kappa shape index (κ1) is 17.2.